The molecule has 2 aromatic rings. The van der Waals surface area contributed by atoms with E-state index < -0.39 is 15.8 Å². The van der Waals surface area contributed by atoms with Crippen molar-refractivity contribution in [2.75, 3.05) is 11.8 Å². The van der Waals surface area contributed by atoms with Gasteiger partial charge >= 0.3 is 0 Å². The zero-order chi connectivity index (χ0) is 15.5. The van der Waals surface area contributed by atoms with E-state index in [0.717, 1.165) is 0 Å². The normalized spacial score (nSPS) is 11.4. The van der Waals surface area contributed by atoms with Gasteiger partial charge in [-0.3, -0.25) is 4.72 Å². The van der Waals surface area contributed by atoms with E-state index in [9.17, 15) is 12.8 Å². The zero-order valence-corrected chi connectivity index (χ0v) is 12.4. The maximum atomic E-state index is 13.9. The van der Waals surface area contributed by atoms with Crippen LogP contribution in [0.5, 0.6) is 0 Å². The number of sulfonamides is 1. The van der Waals surface area contributed by atoms with Gasteiger partial charge in [0.1, 0.15) is 5.82 Å². The molecule has 0 aliphatic rings. The molecule has 0 atom stereocenters. The molecular weight excluding hydrogens is 295 g/mol. The largest absolute Gasteiger partial charge is 0.316 e. The fraction of sp³-hybridized carbons (Fsp3) is 0.231. The molecule has 1 heterocycles. The fourth-order valence-corrected chi connectivity index (χ4v) is 3.14. The van der Waals surface area contributed by atoms with Gasteiger partial charge in [-0.15, -0.1) is 5.10 Å². The van der Waals surface area contributed by atoms with Crippen LogP contribution in [-0.4, -0.2) is 25.7 Å². The van der Waals surface area contributed by atoms with Crippen molar-refractivity contribution in [1.29, 1.82) is 0 Å². The predicted molar refractivity (Wildman–Crippen MR) is 76.7 cm³/mol. The molecule has 0 aliphatic heterocycles. The van der Waals surface area contributed by atoms with Gasteiger partial charge in [0.25, 0.3) is 10.0 Å². The van der Waals surface area contributed by atoms with Crippen LogP contribution < -0.4 is 10.0 Å². The van der Waals surface area contributed by atoms with Gasteiger partial charge in [0.05, 0.1) is 4.90 Å². The van der Waals surface area contributed by atoms with Crippen LogP contribution in [0.25, 0.3) is 0 Å². The molecule has 2 N–H and O–H groups in total. The molecule has 21 heavy (non-hydrogen) atoms. The van der Waals surface area contributed by atoms with E-state index >= 15 is 0 Å². The molecule has 112 valence electrons. The van der Waals surface area contributed by atoms with Gasteiger partial charge in [0, 0.05) is 18.3 Å². The maximum Gasteiger partial charge on any atom is 0.263 e. The standard InChI is InChI=1S/C13H15FN4O2S/c1-9-11(14)6-10(8-15-2)7-12(9)21(19,20)18-13-4-3-5-16-17-13/h3-7,15H,8H2,1-2H3,(H,17,18). The lowest BCUT2D eigenvalue weighted by molar-refractivity contribution is 0.588. The van der Waals surface area contributed by atoms with E-state index in [1.54, 1.807) is 13.1 Å². The number of hydrogen-bond donors (Lipinski definition) is 2. The van der Waals surface area contributed by atoms with Crippen molar-refractivity contribution in [1.82, 2.24) is 15.5 Å². The van der Waals surface area contributed by atoms with E-state index in [0.29, 0.717) is 12.1 Å². The van der Waals surface area contributed by atoms with Crippen LogP contribution in [0.15, 0.2) is 35.4 Å². The highest BCUT2D eigenvalue weighted by Crippen LogP contribution is 2.22. The van der Waals surface area contributed by atoms with E-state index in [-0.39, 0.29) is 16.3 Å². The first-order chi connectivity index (χ1) is 9.94. The molecule has 1 aromatic heterocycles. The Hall–Kier alpha value is -2.06. The Morgan fingerprint density at radius 2 is 2.10 bits per heavy atom. The molecule has 0 spiro atoms. The van der Waals surface area contributed by atoms with Crippen molar-refractivity contribution in [2.45, 2.75) is 18.4 Å². The fourth-order valence-electron chi connectivity index (χ4n) is 1.84. The van der Waals surface area contributed by atoms with E-state index in [4.69, 9.17) is 0 Å². The maximum absolute atomic E-state index is 13.9. The number of aromatic nitrogens is 2. The number of rotatable bonds is 5. The first-order valence-corrected chi connectivity index (χ1v) is 7.66. The van der Waals surface area contributed by atoms with Crippen LogP contribution in [0.2, 0.25) is 0 Å². The third-order valence-electron chi connectivity index (χ3n) is 2.84. The lowest BCUT2D eigenvalue weighted by atomic mass is 10.1. The van der Waals surface area contributed by atoms with Crippen molar-refractivity contribution in [2.24, 2.45) is 0 Å². The molecule has 8 heteroatoms. The summed E-state index contributed by atoms with van der Waals surface area (Å²) in [6.45, 7) is 1.79. The summed E-state index contributed by atoms with van der Waals surface area (Å²) in [5.74, 6) is -0.487. The monoisotopic (exact) mass is 310 g/mol. The predicted octanol–water partition coefficient (Wildman–Crippen LogP) is 1.44. The van der Waals surface area contributed by atoms with Gasteiger partial charge in [-0.25, -0.2) is 12.8 Å². The highest BCUT2D eigenvalue weighted by atomic mass is 32.2. The van der Waals surface area contributed by atoms with Crippen molar-refractivity contribution in [3.05, 3.63) is 47.4 Å². The topological polar surface area (TPSA) is 84.0 Å². The van der Waals surface area contributed by atoms with E-state index in [2.05, 4.69) is 20.2 Å². The van der Waals surface area contributed by atoms with Gasteiger partial charge in [-0.05, 0) is 43.8 Å². The smallest absolute Gasteiger partial charge is 0.263 e. The van der Waals surface area contributed by atoms with Crippen LogP contribution in [-0.2, 0) is 16.6 Å². The molecule has 0 unspecified atom stereocenters. The van der Waals surface area contributed by atoms with Crippen molar-refractivity contribution >= 4 is 15.8 Å². The minimum Gasteiger partial charge on any atom is -0.316 e. The number of hydrogen-bond acceptors (Lipinski definition) is 5. The van der Waals surface area contributed by atoms with Gasteiger partial charge in [-0.1, -0.05) is 0 Å². The average Bonchev–Trinajstić information content (AvgIpc) is 2.43. The van der Waals surface area contributed by atoms with Gasteiger partial charge < -0.3 is 5.32 Å². The van der Waals surface area contributed by atoms with E-state index in [1.165, 1.54) is 31.3 Å². The Balaban J connectivity index is 2.44. The summed E-state index contributed by atoms with van der Waals surface area (Å²) in [4.78, 5) is -0.113. The summed E-state index contributed by atoms with van der Waals surface area (Å²) in [6, 6.07) is 5.77. The number of nitrogens with one attached hydrogen (secondary N) is 2. The minimum absolute atomic E-state index is 0.0613. The second kappa shape index (κ2) is 6.15. The lowest BCUT2D eigenvalue weighted by Crippen LogP contribution is -2.17. The molecule has 0 aliphatic carbocycles. The zero-order valence-electron chi connectivity index (χ0n) is 11.6. The molecule has 0 saturated heterocycles. The third kappa shape index (κ3) is 3.53. The minimum atomic E-state index is -3.93. The number of nitrogens with zero attached hydrogens (tertiary/aromatic N) is 2. The summed E-state index contributed by atoms with van der Waals surface area (Å²) in [5.41, 5.74) is 0.603. The van der Waals surface area contributed by atoms with Gasteiger partial charge in [-0.2, -0.15) is 5.10 Å². The van der Waals surface area contributed by atoms with Crippen LogP contribution in [0.4, 0.5) is 10.2 Å². The van der Waals surface area contributed by atoms with Gasteiger partial charge in [0.15, 0.2) is 5.82 Å². The summed E-state index contributed by atoms with van der Waals surface area (Å²) >= 11 is 0. The molecule has 0 saturated carbocycles. The summed E-state index contributed by atoms with van der Waals surface area (Å²) in [5, 5.41) is 10.1. The first-order valence-electron chi connectivity index (χ1n) is 6.18. The molecular formula is C13H15FN4O2S. The number of benzene rings is 1. The Kier molecular flexibility index (Phi) is 4.49. The molecule has 0 amide bonds. The molecule has 0 fully saturated rings. The Bertz CT molecular complexity index is 735. The average molecular weight is 310 g/mol. The lowest BCUT2D eigenvalue weighted by Gasteiger charge is -2.12. The molecule has 0 radical (unpaired) electrons. The molecule has 2 rings (SSSR count). The van der Waals surface area contributed by atoms with Crippen molar-refractivity contribution in [3.8, 4) is 0 Å². The number of anilines is 1. The summed E-state index contributed by atoms with van der Waals surface area (Å²) < 4.78 is 40.9. The Morgan fingerprint density at radius 1 is 1.33 bits per heavy atom. The van der Waals surface area contributed by atoms with Crippen molar-refractivity contribution < 1.29 is 12.8 Å². The van der Waals surface area contributed by atoms with E-state index in [1.807, 2.05) is 0 Å². The Morgan fingerprint density at radius 3 is 2.71 bits per heavy atom. The number of halogens is 1. The van der Waals surface area contributed by atoms with Crippen LogP contribution in [0, 0.1) is 12.7 Å². The second-order valence-electron chi connectivity index (χ2n) is 4.45. The Labute approximate surface area is 122 Å². The first kappa shape index (κ1) is 15.3. The SMILES string of the molecule is CNCc1cc(F)c(C)c(S(=O)(=O)Nc2cccnn2)c1. The molecule has 0 bridgehead atoms. The van der Waals surface area contributed by atoms with Crippen LogP contribution in [0.3, 0.4) is 0 Å². The van der Waals surface area contributed by atoms with Crippen molar-refractivity contribution in [3.63, 3.8) is 0 Å². The quantitative estimate of drug-likeness (QED) is 0.873. The summed E-state index contributed by atoms with van der Waals surface area (Å²) in [6.07, 6.45) is 1.43. The van der Waals surface area contributed by atoms with Crippen LogP contribution >= 0.6 is 0 Å². The van der Waals surface area contributed by atoms with Crippen LogP contribution in [0.1, 0.15) is 11.1 Å². The highest BCUT2D eigenvalue weighted by Gasteiger charge is 2.20. The highest BCUT2D eigenvalue weighted by molar-refractivity contribution is 7.92. The molecule has 6 nitrogen and oxygen atoms in total. The second-order valence-corrected chi connectivity index (χ2v) is 6.10. The third-order valence-corrected chi connectivity index (χ3v) is 4.32. The van der Waals surface area contributed by atoms with Gasteiger partial charge in [0.2, 0.25) is 0 Å². The summed E-state index contributed by atoms with van der Waals surface area (Å²) in [7, 11) is -2.23. The molecule has 1 aromatic carbocycles.